The summed E-state index contributed by atoms with van der Waals surface area (Å²) in [5, 5.41) is 5.64. The van der Waals surface area contributed by atoms with Crippen molar-refractivity contribution in [2.24, 2.45) is 0 Å². The molecule has 6 nitrogen and oxygen atoms in total. The van der Waals surface area contributed by atoms with E-state index in [1.165, 1.54) is 11.8 Å². The van der Waals surface area contributed by atoms with Crippen molar-refractivity contribution in [1.29, 1.82) is 0 Å². The molecule has 0 saturated carbocycles. The molecule has 1 aromatic carbocycles. The van der Waals surface area contributed by atoms with Gasteiger partial charge in [0.15, 0.2) is 5.16 Å². The third-order valence-corrected chi connectivity index (χ3v) is 5.01. The maximum Gasteiger partial charge on any atom is 0.262 e. The molecule has 0 saturated heterocycles. The zero-order chi connectivity index (χ0) is 18.5. The Kier molecular flexibility index (Phi) is 6.34. The van der Waals surface area contributed by atoms with Crippen LogP contribution in [0.4, 0.5) is 0 Å². The molecule has 8 heteroatoms. The smallest absolute Gasteiger partial charge is 0.262 e. The van der Waals surface area contributed by atoms with Crippen molar-refractivity contribution in [3.63, 3.8) is 0 Å². The zero-order valence-corrected chi connectivity index (χ0v) is 16.3. The van der Waals surface area contributed by atoms with Gasteiger partial charge < -0.3 is 9.26 Å². The van der Waals surface area contributed by atoms with Gasteiger partial charge in [0.2, 0.25) is 0 Å². The van der Waals surface area contributed by atoms with Crippen molar-refractivity contribution in [2.75, 3.05) is 13.2 Å². The molecule has 0 bridgehead atoms. The molecule has 0 aliphatic rings. The zero-order valence-electron chi connectivity index (χ0n) is 14.7. The van der Waals surface area contributed by atoms with E-state index in [1.807, 2.05) is 19.9 Å². The molecular weight excluding hydrogens is 374 g/mol. The molecule has 0 aliphatic heterocycles. The molecule has 0 amide bonds. The van der Waals surface area contributed by atoms with E-state index in [9.17, 15) is 4.79 Å². The Hall–Kier alpha value is -1.83. The highest BCUT2D eigenvalue weighted by atomic mass is 35.5. The summed E-state index contributed by atoms with van der Waals surface area (Å²) < 4.78 is 12.3. The number of rotatable bonds is 8. The molecule has 0 unspecified atom stereocenters. The van der Waals surface area contributed by atoms with Crippen molar-refractivity contribution < 1.29 is 9.26 Å². The lowest BCUT2D eigenvalue weighted by molar-refractivity contribution is 0.140. The molecule has 2 heterocycles. The van der Waals surface area contributed by atoms with E-state index < -0.39 is 0 Å². The number of nitrogens with zero attached hydrogens (tertiary/aromatic N) is 3. The van der Waals surface area contributed by atoms with Gasteiger partial charge in [0.05, 0.1) is 22.3 Å². The van der Waals surface area contributed by atoms with Crippen LogP contribution in [0.3, 0.4) is 0 Å². The Balaban J connectivity index is 1.92. The van der Waals surface area contributed by atoms with Gasteiger partial charge in [0, 0.05) is 30.8 Å². The first-order valence-electron chi connectivity index (χ1n) is 8.41. The summed E-state index contributed by atoms with van der Waals surface area (Å²) in [6.07, 6.45) is 0.740. The molecule has 0 N–H and O–H groups in total. The second kappa shape index (κ2) is 8.70. The van der Waals surface area contributed by atoms with Crippen molar-refractivity contribution in [3.05, 3.63) is 51.1 Å². The average molecular weight is 394 g/mol. The Morgan fingerprint density at radius 3 is 2.92 bits per heavy atom. The van der Waals surface area contributed by atoms with Gasteiger partial charge in [-0.2, -0.15) is 0 Å². The molecule has 0 aliphatic carbocycles. The molecule has 0 spiro atoms. The van der Waals surface area contributed by atoms with Crippen LogP contribution in [0.2, 0.25) is 5.02 Å². The molecule has 3 rings (SSSR count). The van der Waals surface area contributed by atoms with Gasteiger partial charge in [-0.05, 0) is 38.5 Å². The van der Waals surface area contributed by atoms with E-state index in [1.54, 1.807) is 22.8 Å². The lowest BCUT2D eigenvalue weighted by Gasteiger charge is -2.13. The minimum Gasteiger partial charge on any atom is -0.382 e. The number of hydrogen-bond donors (Lipinski definition) is 0. The number of halogens is 1. The summed E-state index contributed by atoms with van der Waals surface area (Å²) in [6, 6.07) is 7.02. The summed E-state index contributed by atoms with van der Waals surface area (Å²) in [5.74, 6) is 1.29. The molecule has 26 heavy (non-hydrogen) atoms. The summed E-state index contributed by atoms with van der Waals surface area (Å²) in [5.41, 5.74) is 1.35. The minimum atomic E-state index is -0.0700. The summed E-state index contributed by atoms with van der Waals surface area (Å²) in [4.78, 5) is 17.6. The molecule has 2 aromatic heterocycles. The average Bonchev–Trinajstić information content (AvgIpc) is 3.03. The van der Waals surface area contributed by atoms with Gasteiger partial charge in [-0.15, -0.1) is 0 Å². The number of benzene rings is 1. The Morgan fingerprint density at radius 1 is 1.35 bits per heavy atom. The highest BCUT2D eigenvalue weighted by Crippen LogP contribution is 2.24. The maximum absolute atomic E-state index is 12.9. The van der Waals surface area contributed by atoms with Crippen LogP contribution in [0, 0.1) is 6.92 Å². The van der Waals surface area contributed by atoms with Gasteiger partial charge in [-0.25, -0.2) is 4.98 Å². The predicted molar refractivity (Wildman–Crippen MR) is 103 cm³/mol. The standard InChI is InChI=1S/C18H20ClN3O3S/c1-3-24-8-4-7-22-17(23)15-6-5-13(19)10-16(15)20-18(22)26-11-14-9-12(2)21-25-14/h5-6,9-10H,3-4,7-8,11H2,1-2H3. The van der Waals surface area contributed by atoms with E-state index in [4.69, 9.17) is 20.9 Å². The lowest BCUT2D eigenvalue weighted by Crippen LogP contribution is -2.24. The normalized spacial score (nSPS) is 11.3. The number of thioether (sulfide) groups is 1. The monoisotopic (exact) mass is 393 g/mol. The second-order valence-electron chi connectivity index (χ2n) is 5.79. The molecule has 3 aromatic rings. The number of ether oxygens (including phenoxy) is 1. The SMILES string of the molecule is CCOCCCn1c(SCc2cc(C)no2)nc2cc(Cl)ccc2c1=O. The lowest BCUT2D eigenvalue weighted by atomic mass is 10.2. The van der Waals surface area contributed by atoms with Crippen LogP contribution in [0.1, 0.15) is 24.8 Å². The van der Waals surface area contributed by atoms with Crippen LogP contribution in [-0.2, 0) is 17.0 Å². The largest absolute Gasteiger partial charge is 0.382 e. The van der Waals surface area contributed by atoms with E-state index in [-0.39, 0.29) is 5.56 Å². The fraction of sp³-hybridized carbons (Fsp3) is 0.389. The van der Waals surface area contributed by atoms with Crippen molar-refractivity contribution in [1.82, 2.24) is 14.7 Å². The quantitative estimate of drug-likeness (QED) is 0.326. The Bertz CT molecular complexity index is 954. The Morgan fingerprint density at radius 2 is 2.19 bits per heavy atom. The first kappa shape index (κ1) is 18.9. The van der Waals surface area contributed by atoms with Crippen LogP contribution in [-0.4, -0.2) is 27.9 Å². The van der Waals surface area contributed by atoms with Gasteiger partial charge in [-0.3, -0.25) is 9.36 Å². The van der Waals surface area contributed by atoms with Gasteiger partial charge in [0.25, 0.3) is 5.56 Å². The fourth-order valence-electron chi connectivity index (χ4n) is 2.57. The van der Waals surface area contributed by atoms with Gasteiger partial charge >= 0.3 is 0 Å². The number of hydrogen-bond acceptors (Lipinski definition) is 6. The highest BCUT2D eigenvalue weighted by molar-refractivity contribution is 7.98. The first-order chi connectivity index (χ1) is 12.6. The molecule has 138 valence electrons. The predicted octanol–water partition coefficient (Wildman–Crippen LogP) is 4.07. The van der Waals surface area contributed by atoms with Crippen molar-refractivity contribution >= 4 is 34.3 Å². The van der Waals surface area contributed by atoms with Crippen LogP contribution >= 0.6 is 23.4 Å². The molecular formula is C18H20ClN3O3S. The van der Waals surface area contributed by atoms with Crippen molar-refractivity contribution in [2.45, 2.75) is 37.7 Å². The third kappa shape index (κ3) is 4.47. The summed E-state index contributed by atoms with van der Waals surface area (Å²) in [7, 11) is 0. The van der Waals surface area contributed by atoms with Crippen LogP contribution in [0.15, 0.2) is 38.7 Å². The van der Waals surface area contributed by atoms with E-state index in [0.717, 1.165) is 17.9 Å². The number of aryl methyl sites for hydroxylation is 1. The van der Waals surface area contributed by atoms with Crippen molar-refractivity contribution in [3.8, 4) is 0 Å². The topological polar surface area (TPSA) is 70.2 Å². The van der Waals surface area contributed by atoms with Crippen LogP contribution in [0.25, 0.3) is 10.9 Å². The van der Waals surface area contributed by atoms with E-state index in [0.29, 0.717) is 46.6 Å². The Labute approximate surface area is 160 Å². The molecule has 0 atom stereocenters. The number of aromatic nitrogens is 3. The second-order valence-corrected chi connectivity index (χ2v) is 7.17. The summed E-state index contributed by atoms with van der Waals surface area (Å²) >= 11 is 7.51. The first-order valence-corrected chi connectivity index (χ1v) is 9.77. The number of fused-ring (bicyclic) bond motifs is 1. The molecule has 0 fully saturated rings. The van der Waals surface area contributed by atoms with E-state index >= 15 is 0 Å². The van der Waals surface area contributed by atoms with Crippen LogP contribution < -0.4 is 5.56 Å². The molecule has 0 radical (unpaired) electrons. The summed E-state index contributed by atoms with van der Waals surface area (Å²) in [6.45, 7) is 5.64. The fourth-order valence-corrected chi connectivity index (χ4v) is 3.64. The van der Waals surface area contributed by atoms with E-state index in [2.05, 4.69) is 10.1 Å². The third-order valence-electron chi connectivity index (χ3n) is 3.78. The van der Waals surface area contributed by atoms with Gasteiger partial charge in [0.1, 0.15) is 5.76 Å². The van der Waals surface area contributed by atoms with Crippen LogP contribution in [0.5, 0.6) is 0 Å². The maximum atomic E-state index is 12.9. The van der Waals surface area contributed by atoms with Gasteiger partial charge in [-0.1, -0.05) is 28.5 Å². The minimum absolute atomic E-state index is 0.0700. The highest BCUT2D eigenvalue weighted by Gasteiger charge is 2.13.